The Labute approximate surface area is 278 Å². The van der Waals surface area contributed by atoms with Crippen molar-refractivity contribution < 1.29 is 0 Å². The van der Waals surface area contributed by atoms with Crippen molar-refractivity contribution in [3.63, 3.8) is 0 Å². The average Bonchev–Trinajstić information content (AvgIpc) is 3.41. The fourth-order valence-corrected chi connectivity index (χ4v) is 10.1. The molecule has 0 nitrogen and oxygen atoms in total. The summed E-state index contributed by atoms with van der Waals surface area (Å²) in [4.78, 5) is 1.46. The largest absolute Gasteiger partial charge is 0.242 e. The molecule has 3 heterocycles. The molecule has 5 aromatic carbocycles. The first-order valence-corrected chi connectivity index (χ1v) is 17.9. The van der Waals surface area contributed by atoms with E-state index in [4.69, 9.17) is 0 Å². The first-order valence-electron chi connectivity index (χ1n) is 17.0. The van der Waals surface area contributed by atoms with Crippen LogP contribution in [-0.4, -0.2) is 6.71 Å². The molecule has 0 N–H and O–H groups in total. The highest BCUT2D eigenvalue weighted by Gasteiger charge is 2.47. The summed E-state index contributed by atoms with van der Waals surface area (Å²) in [6, 6.07) is 36.4. The van der Waals surface area contributed by atoms with Crippen molar-refractivity contribution >= 4 is 44.5 Å². The van der Waals surface area contributed by atoms with E-state index in [2.05, 4.69) is 139 Å². The van der Waals surface area contributed by atoms with Gasteiger partial charge < -0.3 is 0 Å². The fraction of sp³-hybridized carbons (Fsp3) is 0.273. The van der Waals surface area contributed by atoms with E-state index in [0.29, 0.717) is 0 Å². The molecule has 2 aliphatic heterocycles. The molecule has 1 aliphatic carbocycles. The van der Waals surface area contributed by atoms with Crippen LogP contribution in [0.3, 0.4) is 0 Å². The van der Waals surface area contributed by atoms with Gasteiger partial charge in [0.15, 0.2) is 0 Å². The summed E-state index contributed by atoms with van der Waals surface area (Å²) in [5.74, 6) is 0.202. The van der Waals surface area contributed by atoms with E-state index in [-0.39, 0.29) is 23.5 Å². The Bertz CT molecular complexity index is 2260. The maximum absolute atomic E-state index is 2.61. The number of aryl methyl sites for hydroxylation is 3. The molecule has 3 aliphatic rings. The Balaban J connectivity index is 1.38. The standard InChI is InChI=1S/C44H41BS/c1-25-11-15-33-37(19-25)45-38-20-26(2)12-17-35(38)44(6,7)36-23-28(31-10-8-9-27-13-16-32(27)31)22-34(42(36)45)41(33)40-24-29-21-30(43(3,4)5)14-18-39(29)46-40/h8-12,14-15,17-24,41H,13,16H2,1-7H3. The van der Waals surface area contributed by atoms with Gasteiger partial charge in [-0.1, -0.05) is 135 Å². The molecular weight excluding hydrogens is 571 g/mol. The molecule has 0 bridgehead atoms. The highest BCUT2D eigenvalue weighted by molar-refractivity contribution is 7.19. The fourth-order valence-electron chi connectivity index (χ4n) is 8.89. The lowest BCUT2D eigenvalue weighted by molar-refractivity contribution is 0.591. The van der Waals surface area contributed by atoms with Crippen LogP contribution in [0.1, 0.15) is 95.5 Å². The minimum atomic E-state index is -0.102. The van der Waals surface area contributed by atoms with Crippen molar-refractivity contribution in [2.24, 2.45) is 0 Å². The van der Waals surface area contributed by atoms with Crippen LogP contribution in [0.2, 0.25) is 0 Å². The molecule has 46 heavy (non-hydrogen) atoms. The van der Waals surface area contributed by atoms with Gasteiger partial charge in [0.05, 0.1) is 0 Å². The van der Waals surface area contributed by atoms with Gasteiger partial charge in [-0.15, -0.1) is 11.3 Å². The normalized spacial score (nSPS) is 17.2. The zero-order valence-electron chi connectivity index (χ0n) is 28.1. The van der Waals surface area contributed by atoms with E-state index in [9.17, 15) is 0 Å². The van der Waals surface area contributed by atoms with Gasteiger partial charge in [0, 0.05) is 20.9 Å². The van der Waals surface area contributed by atoms with Gasteiger partial charge in [0.1, 0.15) is 0 Å². The van der Waals surface area contributed by atoms with Crippen molar-refractivity contribution in [1.29, 1.82) is 0 Å². The summed E-state index contributed by atoms with van der Waals surface area (Å²) in [6.07, 6.45) is 2.39. The van der Waals surface area contributed by atoms with Crippen LogP contribution in [-0.2, 0) is 23.7 Å². The van der Waals surface area contributed by atoms with Gasteiger partial charge in [-0.05, 0) is 106 Å². The summed E-state index contributed by atoms with van der Waals surface area (Å²) in [5.41, 5.74) is 20.5. The van der Waals surface area contributed by atoms with Gasteiger partial charge in [0.2, 0.25) is 6.71 Å². The third-order valence-corrected chi connectivity index (χ3v) is 12.6. The molecule has 0 saturated carbocycles. The van der Waals surface area contributed by atoms with Crippen molar-refractivity contribution in [2.45, 2.75) is 78.1 Å². The predicted octanol–water partition coefficient (Wildman–Crippen LogP) is 9.23. The molecule has 1 unspecified atom stereocenters. The zero-order chi connectivity index (χ0) is 31.7. The third kappa shape index (κ3) is 3.99. The smallest absolute Gasteiger partial charge is 0.139 e. The van der Waals surface area contributed by atoms with Crippen LogP contribution in [0.5, 0.6) is 0 Å². The maximum Gasteiger partial charge on any atom is 0.242 e. The number of benzene rings is 5. The van der Waals surface area contributed by atoms with E-state index in [1.807, 2.05) is 11.3 Å². The van der Waals surface area contributed by atoms with Gasteiger partial charge in [-0.3, -0.25) is 0 Å². The molecule has 0 amide bonds. The van der Waals surface area contributed by atoms with Crippen molar-refractivity contribution in [1.82, 2.24) is 0 Å². The second kappa shape index (κ2) is 9.58. The highest BCUT2D eigenvalue weighted by atomic mass is 32.1. The van der Waals surface area contributed by atoms with Crippen LogP contribution in [0.25, 0.3) is 21.2 Å². The SMILES string of the molecule is Cc1ccc2c(c1)B1c3cc(C)ccc3C(C)(C)c3cc(-c4cccc5c4CC5)cc(c31)C2c1cc2cc(C(C)(C)C)ccc2s1. The molecular formula is C44H41BS. The van der Waals surface area contributed by atoms with Crippen molar-refractivity contribution in [3.8, 4) is 11.1 Å². The molecule has 0 saturated heterocycles. The van der Waals surface area contributed by atoms with Gasteiger partial charge in [-0.2, -0.15) is 0 Å². The van der Waals surface area contributed by atoms with E-state index >= 15 is 0 Å². The van der Waals surface area contributed by atoms with Gasteiger partial charge >= 0.3 is 0 Å². The molecule has 6 aromatic rings. The lowest BCUT2D eigenvalue weighted by Crippen LogP contribution is -2.64. The van der Waals surface area contributed by atoms with E-state index in [0.717, 1.165) is 0 Å². The Morgan fingerprint density at radius 1 is 0.739 bits per heavy atom. The predicted molar refractivity (Wildman–Crippen MR) is 200 cm³/mol. The molecule has 1 aromatic heterocycles. The molecule has 2 heteroatoms. The molecule has 226 valence electrons. The van der Waals surface area contributed by atoms with Crippen LogP contribution in [0, 0.1) is 13.8 Å². The molecule has 1 atom stereocenters. The molecule has 9 rings (SSSR count). The summed E-state index contributed by atoms with van der Waals surface area (Å²) in [5, 5.41) is 1.37. The monoisotopic (exact) mass is 612 g/mol. The molecule has 0 fully saturated rings. The molecule has 0 spiro atoms. The lowest BCUT2D eigenvalue weighted by Gasteiger charge is -2.44. The number of thiophene rings is 1. The topological polar surface area (TPSA) is 0 Å². The summed E-state index contributed by atoms with van der Waals surface area (Å²) in [6.45, 7) is 16.6. The summed E-state index contributed by atoms with van der Waals surface area (Å²) < 4.78 is 1.38. The Morgan fingerprint density at radius 3 is 2.28 bits per heavy atom. The first-order chi connectivity index (χ1) is 22.0. The zero-order valence-corrected chi connectivity index (χ0v) is 29.0. The number of hydrogen-bond donors (Lipinski definition) is 0. The minimum absolute atomic E-state index is 0.102. The summed E-state index contributed by atoms with van der Waals surface area (Å²) in [7, 11) is 0. The van der Waals surface area contributed by atoms with E-state index < -0.39 is 0 Å². The Hall–Kier alpha value is -3.88. The maximum atomic E-state index is 2.61. The van der Waals surface area contributed by atoms with Crippen LogP contribution >= 0.6 is 11.3 Å². The average molecular weight is 613 g/mol. The van der Waals surface area contributed by atoms with Crippen LogP contribution < -0.4 is 16.4 Å². The number of hydrogen-bond acceptors (Lipinski definition) is 1. The van der Waals surface area contributed by atoms with Crippen LogP contribution in [0.4, 0.5) is 0 Å². The Kier molecular flexibility index (Phi) is 5.91. The lowest BCUT2D eigenvalue weighted by atomic mass is 9.28. The van der Waals surface area contributed by atoms with E-state index in [1.54, 1.807) is 11.0 Å². The highest BCUT2D eigenvalue weighted by Crippen LogP contribution is 2.46. The quantitative estimate of drug-likeness (QED) is 0.171. The first kappa shape index (κ1) is 28.4. The second-order valence-corrected chi connectivity index (χ2v) is 17.0. The second-order valence-electron chi connectivity index (χ2n) is 15.8. The van der Waals surface area contributed by atoms with Gasteiger partial charge in [-0.25, -0.2) is 0 Å². The van der Waals surface area contributed by atoms with Crippen molar-refractivity contribution in [2.75, 3.05) is 0 Å². The Morgan fingerprint density at radius 2 is 1.52 bits per heavy atom. The number of fused-ring (bicyclic) bond motifs is 6. The third-order valence-electron chi connectivity index (χ3n) is 11.5. The minimum Gasteiger partial charge on any atom is -0.139 e. The van der Waals surface area contributed by atoms with Crippen molar-refractivity contribution in [3.05, 3.63) is 146 Å². The van der Waals surface area contributed by atoms with Gasteiger partial charge in [0.25, 0.3) is 0 Å². The van der Waals surface area contributed by atoms with E-state index in [1.165, 1.54) is 94.4 Å². The number of rotatable bonds is 2. The molecule has 0 radical (unpaired) electrons. The van der Waals surface area contributed by atoms with Crippen LogP contribution in [0.15, 0.2) is 91.0 Å². The summed E-state index contributed by atoms with van der Waals surface area (Å²) >= 11 is 1.99.